The zero-order valence-electron chi connectivity index (χ0n) is 10.3. The quantitative estimate of drug-likeness (QED) is 0.841. The van der Waals surface area contributed by atoms with Crippen LogP contribution in [0, 0.1) is 0 Å². The lowest BCUT2D eigenvalue weighted by atomic mass is 10.0. The molecule has 0 fully saturated rings. The highest BCUT2D eigenvalue weighted by molar-refractivity contribution is 5.51. The highest BCUT2D eigenvalue weighted by Gasteiger charge is 2.33. The molecule has 0 heterocycles. The molecule has 1 rings (SSSR count). The first kappa shape index (κ1) is 15.7. The molecule has 0 aliphatic rings. The average Bonchev–Trinajstić information content (AvgIpc) is 2.27. The van der Waals surface area contributed by atoms with E-state index in [1.165, 1.54) is 19.2 Å². The van der Waals surface area contributed by atoms with E-state index in [2.05, 4.69) is 0 Å². The van der Waals surface area contributed by atoms with Crippen LogP contribution >= 0.6 is 0 Å². The number of anilines is 1. The second-order valence-electron chi connectivity index (χ2n) is 4.15. The predicted molar refractivity (Wildman–Crippen MR) is 63.5 cm³/mol. The molecule has 1 aromatic rings. The Morgan fingerprint density at radius 2 is 1.89 bits per heavy atom. The van der Waals surface area contributed by atoms with Gasteiger partial charge in [0, 0.05) is 12.7 Å². The lowest BCUT2D eigenvalue weighted by Gasteiger charge is -2.21. The molecular weight excluding hydrogens is 267 g/mol. The van der Waals surface area contributed by atoms with Crippen LogP contribution in [0.15, 0.2) is 18.2 Å². The van der Waals surface area contributed by atoms with E-state index in [0.29, 0.717) is 0 Å². The summed E-state index contributed by atoms with van der Waals surface area (Å²) >= 11 is 0. The largest absolute Gasteiger partial charge is 0.416 e. The predicted octanol–water partition coefficient (Wildman–Crippen LogP) is 2.91. The molecule has 0 atom stereocenters. The molecule has 0 radical (unpaired) electrons. The van der Waals surface area contributed by atoms with Crippen LogP contribution in [0.25, 0.3) is 0 Å². The van der Waals surface area contributed by atoms with Gasteiger partial charge in [0.25, 0.3) is 6.43 Å². The number of hydrogen-bond acceptors (Lipinski definition) is 2. The number of rotatable bonds is 5. The number of nitrogens with zero attached hydrogens (tertiary/aromatic N) is 1. The van der Waals surface area contributed by atoms with Crippen molar-refractivity contribution in [3.05, 3.63) is 29.3 Å². The van der Waals surface area contributed by atoms with Gasteiger partial charge in [0.05, 0.1) is 12.1 Å². The van der Waals surface area contributed by atoms with Crippen molar-refractivity contribution in [2.24, 2.45) is 5.73 Å². The molecule has 7 heteroatoms. The lowest BCUT2D eigenvalue weighted by Crippen LogP contribution is -2.24. The van der Waals surface area contributed by atoms with Crippen LogP contribution in [0.5, 0.6) is 0 Å². The normalized spacial score (nSPS) is 12.0. The molecular formula is C12H15F5N2. The van der Waals surface area contributed by atoms with Gasteiger partial charge in [-0.2, -0.15) is 13.2 Å². The third-order valence-corrected chi connectivity index (χ3v) is 2.67. The van der Waals surface area contributed by atoms with E-state index < -0.39 is 24.7 Å². The Labute approximate surface area is 108 Å². The van der Waals surface area contributed by atoms with Crippen molar-refractivity contribution >= 4 is 5.69 Å². The molecule has 0 aromatic heterocycles. The minimum atomic E-state index is -4.52. The highest BCUT2D eigenvalue weighted by Crippen LogP contribution is 2.34. The molecule has 0 saturated heterocycles. The molecule has 2 nitrogen and oxygen atoms in total. The zero-order valence-corrected chi connectivity index (χ0v) is 10.3. The van der Waals surface area contributed by atoms with Crippen LogP contribution in [-0.2, 0) is 12.6 Å². The number of alkyl halides is 5. The smallest absolute Gasteiger partial charge is 0.369 e. The number of benzene rings is 1. The SMILES string of the molecule is CN(CC(F)F)c1ccc(CCN)c(C(F)(F)F)c1. The Hall–Kier alpha value is -1.37. The molecule has 0 unspecified atom stereocenters. The molecule has 1 aromatic carbocycles. The van der Waals surface area contributed by atoms with Crippen LogP contribution in [-0.4, -0.2) is 26.6 Å². The fraction of sp³-hybridized carbons (Fsp3) is 0.500. The fourth-order valence-corrected chi connectivity index (χ4v) is 1.75. The van der Waals surface area contributed by atoms with Crippen molar-refractivity contribution < 1.29 is 22.0 Å². The maximum absolute atomic E-state index is 12.9. The van der Waals surface area contributed by atoms with Crippen molar-refractivity contribution in [2.45, 2.75) is 19.0 Å². The second-order valence-corrected chi connectivity index (χ2v) is 4.15. The topological polar surface area (TPSA) is 29.3 Å². The van der Waals surface area contributed by atoms with E-state index in [-0.39, 0.29) is 24.2 Å². The van der Waals surface area contributed by atoms with Crippen molar-refractivity contribution in [1.29, 1.82) is 0 Å². The van der Waals surface area contributed by atoms with Gasteiger partial charge in [-0.1, -0.05) is 6.07 Å². The molecule has 0 aliphatic carbocycles. The van der Waals surface area contributed by atoms with Gasteiger partial charge in [-0.3, -0.25) is 0 Å². The van der Waals surface area contributed by atoms with Crippen LogP contribution < -0.4 is 10.6 Å². The summed E-state index contributed by atoms with van der Waals surface area (Å²) in [7, 11) is 1.32. The minimum absolute atomic E-state index is 0.0733. The zero-order chi connectivity index (χ0) is 14.6. The summed E-state index contributed by atoms with van der Waals surface area (Å²) in [4.78, 5) is 1.09. The van der Waals surface area contributed by atoms with Gasteiger partial charge in [0.15, 0.2) is 0 Å². The first-order chi connectivity index (χ1) is 8.75. The Morgan fingerprint density at radius 1 is 1.26 bits per heavy atom. The average molecular weight is 282 g/mol. The monoisotopic (exact) mass is 282 g/mol. The first-order valence-electron chi connectivity index (χ1n) is 5.65. The van der Waals surface area contributed by atoms with E-state index in [4.69, 9.17) is 5.73 Å². The Bertz CT molecular complexity index is 417. The van der Waals surface area contributed by atoms with Gasteiger partial charge in [0.1, 0.15) is 0 Å². The standard InChI is InChI=1S/C12H15F5N2/c1-19(7-11(13)14)9-3-2-8(4-5-18)10(6-9)12(15,16)17/h2-3,6,11H,4-5,7,18H2,1H3. The molecule has 0 aliphatic heterocycles. The number of hydrogen-bond donors (Lipinski definition) is 1. The summed E-state index contributed by atoms with van der Waals surface area (Å²) in [5.74, 6) is 0. The molecule has 0 saturated carbocycles. The van der Waals surface area contributed by atoms with Gasteiger partial charge in [-0.05, 0) is 30.7 Å². The van der Waals surface area contributed by atoms with E-state index in [9.17, 15) is 22.0 Å². The summed E-state index contributed by atoms with van der Waals surface area (Å²) in [6, 6.07) is 3.56. The molecule has 19 heavy (non-hydrogen) atoms. The van der Waals surface area contributed by atoms with Crippen LogP contribution in [0.3, 0.4) is 0 Å². The van der Waals surface area contributed by atoms with Crippen molar-refractivity contribution in [2.75, 3.05) is 25.0 Å². The van der Waals surface area contributed by atoms with Crippen molar-refractivity contribution in [3.8, 4) is 0 Å². The third kappa shape index (κ3) is 4.34. The second kappa shape index (κ2) is 6.18. The van der Waals surface area contributed by atoms with Gasteiger partial charge >= 0.3 is 6.18 Å². The fourth-order valence-electron chi connectivity index (χ4n) is 1.75. The Morgan fingerprint density at radius 3 is 2.37 bits per heavy atom. The van der Waals surface area contributed by atoms with Crippen LogP contribution in [0.4, 0.5) is 27.6 Å². The molecule has 108 valence electrons. The van der Waals surface area contributed by atoms with Crippen LogP contribution in [0.2, 0.25) is 0 Å². The summed E-state index contributed by atoms with van der Waals surface area (Å²) in [6.07, 6.45) is -7.04. The number of nitrogens with two attached hydrogens (primary N) is 1. The van der Waals surface area contributed by atoms with Gasteiger partial charge in [0.2, 0.25) is 0 Å². The summed E-state index contributed by atoms with van der Waals surface area (Å²) in [6.45, 7) is -0.525. The molecule has 0 amide bonds. The van der Waals surface area contributed by atoms with E-state index in [1.54, 1.807) is 0 Å². The first-order valence-corrected chi connectivity index (χ1v) is 5.65. The molecule has 0 bridgehead atoms. The van der Waals surface area contributed by atoms with E-state index in [0.717, 1.165) is 11.0 Å². The van der Waals surface area contributed by atoms with E-state index in [1.807, 2.05) is 0 Å². The summed E-state index contributed by atoms with van der Waals surface area (Å²) in [5.41, 5.74) is 4.62. The van der Waals surface area contributed by atoms with Crippen LogP contribution in [0.1, 0.15) is 11.1 Å². The van der Waals surface area contributed by atoms with Crippen molar-refractivity contribution in [1.82, 2.24) is 0 Å². The maximum Gasteiger partial charge on any atom is 0.416 e. The Balaban J connectivity index is 3.11. The lowest BCUT2D eigenvalue weighted by molar-refractivity contribution is -0.138. The third-order valence-electron chi connectivity index (χ3n) is 2.67. The van der Waals surface area contributed by atoms with Gasteiger partial charge in [-0.25, -0.2) is 8.78 Å². The van der Waals surface area contributed by atoms with Gasteiger partial charge in [-0.15, -0.1) is 0 Å². The van der Waals surface area contributed by atoms with E-state index >= 15 is 0 Å². The minimum Gasteiger partial charge on any atom is -0.369 e. The highest BCUT2D eigenvalue weighted by atomic mass is 19.4. The van der Waals surface area contributed by atoms with Crippen molar-refractivity contribution in [3.63, 3.8) is 0 Å². The molecule has 2 N–H and O–H groups in total. The Kier molecular flexibility index (Phi) is 5.11. The maximum atomic E-state index is 12.9. The molecule has 0 spiro atoms. The summed E-state index contributed by atoms with van der Waals surface area (Å²) in [5, 5.41) is 0. The van der Waals surface area contributed by atoms with Gasteiger partial charge < -0.3 is 10.6 Å². The number of halogens is 5. The summed E-state index contributed by atoms with van der Waals surface area (Å²) < 4.78 is 63.1.